The van der Waals surface area contributed by atoms with Gasteiger partial charge in [0.2, 0.25) is 14.5 Å². The molecule has 0 aromatic heterocycles. The summed E-state index contributed by atoms with van der Waals surface area (Å²) in [6, 6.07) is 18.5. The molecule has 2 rings (SSSR count). The molecule has 0 saturated heterocycles. The number of nitrogens with one attached hydrogen (secondary N) is 1. The van der Waals surface area contributed by atoms with Crippen LogP contribution in [0.5, 0.6) is 0 Å². The van der Waals surface area contributed by atoms with Crippen molar-refractivity contribution in [3.63, 3.8) is 0 Å². The minimum atomic E-state index is -0.732. The lowest BCUT2D eigenvalue weighted by molar-refractivity contribution is -0.138. The SMILES string of the molecule is O=C(CCc1ccccc1)N[C@H](Cc1ccccc1)C(=O)O/P=N/P. The van der Waals surface area contributed by atoms with Crippen LogP contribution >= 0.6 is 18.0 Å². The summed E-state index contributed by atoms with van der Waals surface area (Å²) < 4.78 is 8.67. The van der Waals surface area contributed by atoms with Crippen molar-refractivity contribution in [3.8, 4) is 0 Å². The van der Waals surface area contributed by atoms with Crippen LogP contribution in [0.4, 0.5) is 0 Å². The second-order valence-electron chi connectivity index (χ2n) is 5.40. The normalized spacial score (nSPS) is 11.9. The minimum absolute atomic E-state index is 0.179. The summed E-state index contributed by atoms with van der Waals surface area (Å²) in [6.45, 7) is 0. The molecule has 2 atom stereocenters. The second kappa shape index (κ2) is 10.7. The van der Waals surface area contributed by atoms with Crippen molar-refractivity contribution in [3.05, 3.63) is 71.8 Å². The van der Waals surface area contributed by atoms with Crippen LogP contribution in [-0.2, 0) is 27.0 Å². The zero-order valence-corrected chi connectivity index (χ0v) is 15.7. The molecule has 2 aromatic carbocycles. The number of carbonyl (C=O) groups is 2. The van der Waals surface area contributed by atoms with Crippen LogP contribution in [-0.4, -0.2) is 17.9 Å². The molecule has 1 amide bonds. The molecule has 0 saturated carbocycles. The van der Waals surface area contributed by atoms with Crippen molar-refractivity contribution in [2.75, 3.05) is 0 Å². The van der Waals surface area contributed by atoms with Crippen molar-refractivity contribution < 1.29 is 14.1 Å². The van der Waals surface area contributed by atoms with Gasteiger partial charge in [-0.25, -0.2) is 9.31 Å². The molecular weight excluding hydrogens is 354 g/mol. The average molecular weight is 374 g/mol. The van der Waals surface area contributed by atoms with Crippen molar-refractivity contribution in [1.82, 2.24) is 5.32 Å². The molecule has 0 bridgehead atoms. The van der Waals surface area contributed by atoms with Crippen LogP contribution in [0.1, 0.15) is 17.5 Å². The standard InChI is InChI=1S/C18H20N2O3P2/c21-17(12-11-14-7-3-1-4-8-14)19-16(18(22)23-25-20-24)13-15-9-5-2-6-10-15/h1-10,16H,11-13,24H2,(H,19,21)/t16-/m1/s1. The monoisotopic (exact) mass is 374 g/mol. The van der Waals surface area contributed by atoms with Gasteiger partial charge in [0.15, 0.2) is 0 Å². The third kappa shape index (κ3) is 7.13. The second-order valence-corrected chi connectivity index (χ2v) is 6.67. The summed E-state index contributed by atoms with van der Waals surface area (Å²) in [6.07, 6.45) is 1.32. The first-order chi connectivity index (χ1) is 12.2. The summed E-state index contributed by atoms with van der Waals surface area (Å²) in [5.74, 6) is -0.675. The summed E-state index contributed by atoms with van der Waals surface area (Å²) in [5.41, 5.74) is 2.03. The molecule has 0 heterocycles. The average Bonchev–Trinajstić information content (AvgIpc) is 2.65. The predicted octanol–water partition coefficient (Wildman–Crippen LogP) is 3.72. The van der Waals surface area contributed by atoms with Gasteiger partial charge in [-0.3, -0.25) is 4.79 Å². The number of amides is 1. The van der Waals surface area contributed by atoms with Crippen LogP contribution in [0, 0.1) is 0 Å². The van der Waals surface area contributed by atoms with Gasteiger partial charge in [-0.1, -0.05) is 60.7 Å². The van der Waals surface area contributed by atoms with Gasteiger partial charge in [0.25, 0.3) is 0 Å². The van der Waals surface area contributed by atoms with E-state index in [0.29, 0.717) is 19.3 Å². The Balaban J connectivity index is 1.96. The molecule has 0 radical (unpaired) electrons. The highest BCUT2D eigenvalue weighted by atomic mass is 31.1. The molecule has 1 unspecified atom stereocenters. The molecule has 0 spiro atoms. The van der Waals surface area contributed by atoms with E-state index in [2.05, 4.69) is 19.2 Å². The first-order valence-electron chi connectivity index (χ1n) is 7.87. The molecule has 1 N–H and O–H groups in total. The van der Waals surface area contributed by atoms with E-state index in [1.165, 1.54) is 0 Å². The maximum absolute atomic E-state index is 12.2. The van der Waals surface area contributed by atoms with E-state index in [0.717, 1.165) is 11.1 Å². The van der Waals surface area contributed by atoms with Gasteiger partial charge in [0.1, 0.15) is 6.04 Å². The number of carbonyl (C=O) groups excluding carboxylic acids is 2. The Morgan fingerprint density at radius 3 is 2.24 bits per heavy atom. The van der Waals surface area contributed by atoms with E-state index in [1.54, 1.807) is 0 Å². The highest BCUT2D eigenvalue weighted by molar-refractivity contribution is 7.31. The molecule has 0 aliphatic heterocycles. The fourth-order valence-electron chi connectivity index (χ4n) is 2.34. The molecule has 7 heteroatoms. The maximum atomic E-state index is 12.2. The predicted molar refractivity (Wildman–Crippen MR) is 102 cm³/mol. The summed E-state index contributed by atoms with van der Waals surface area (Å²) in [5, 5.41) is 2.78. The van der Waals surface area contributed by atoms with E-state index in [4.69, 9.17) is 4.52 Å². The van der Waals surface area contributed by atoms with E-state index in [-0.39, 0.29) is 14.5 Å². The number of benzene rings is 2. The van der Waals surface area contributed by atoms with E-state index < -0.39 is 12.0 Å². The van der Waals surface area contributed by atoms with Gasteiger partial charge >= 0.3 is 5.97 Å². The Labute approximate surface area is 151 Å². The molecule has 130 valence electrons. The van der Waals surface area contributed by atoms with Gasteiger partial charge in [-0.15, -0.1) is 0 Å². The molecule has 0 fully saturated rings. The number of hydrogen-bond acceptors (Lipinski definition) is 4. The number of nitrogens with zero attached hydrogens (tertiary/aromatic N) is 1. The first-order valence-corrected chi connectivity index (χ1v) is 9.15. The third-order valence-corrected chi connectivity index (χ3v) is 4.20. The van der Waals surface area contributed by atoms with Crippen molar-refractivity contribution in [1.29, 1.82) is 0 Å². The number of rotatable bonds is 8. The van der Waals surface area contributed by atoms with Gasteiger partial charge < -0.3 is 9.84 Å². The quantitative estimate of drug-likeness (QED) is 0.716. The first kappa shape index (κ1) is 19.2. The Morgan fingerprint density at radius 1 is 1.04 bits per heavy atom. The van der Waals surface area contributed by atoms with Gasteiger partial charge in [-0.2, -0.15) is 0 Å². The van der Waals surface area contributed by atoms with Crippen molar-refractivity contribution >= 4 is 29.9 Å². The zero-order chi connectivity index (χ0) is 17.9. The Morgan fingerprint density at radius 2 is 1.64 bits per heavy atom. The highest BCUT2D eigenvalue weighted by Crippen LogP contribution is 2.12. The summed E-state index contributed by atoms with van der Waals surface area (Å²) >= 11 is 0. The Bertz CT molecular complexity index is 709. The fraction of sp³-hybridized carbons (Fsp3) is 0.222. The van der Waals surface area contributed by atoms with Gasteiger partial charge in [-0.05, 0) is 26.9 Å². The van der Waals surface area contributed by atoms with E-state index in [1.807, 2.05) is 60.7 Å². The lowest BCUT2D eigenvalue weighted by Gasteiger charge is -2.16. The third-order valence-electron chi connectivity index (χ3n) is 3.56. The highest BCUT2D eigenvalue weighted by Gasteiger charge is 2.22. The molecule has 5 nitrogen and oxygen atoms in total. The molecule has 0 aliphatic carbocycles. The number of aryl methyl sites for hydroxylation is 1. The van der Waals surface area contributed by atoms with Crippen molar-refractivity contribution in [2.24, 2.45) is 4.52 Å². The smallest absolute Gasteiger partial charge is 0.338 e. The van der Waals surface area contributed by atoms with E-state index >= 15 is 0 Å². The van der Waals surface area contributed by atoms with Crippen LogP contribution in [0.2, 0.25) is 0 Å². The largest absolute Gasteiger partial charge is 0.387 e. The lowest BCUT2D eigenvalue weighted by Crippen LogP contribution is -2.42. The van der Waals surface area contributed by atoms with Gasteiger partial charge in [0, 0.05) is 12.8 Å². The summed E-state index contributed by atoms with van der Waals surface area (Å²) in [4.78, 5) is 24.4. The zero-order valence-electron chi connectivity index (χ0n) is 13.7. The molecule has 25 heavy (non-hydrogen) atoms. The van der Waals surface area contributed by atoms with E-state index in [9.17, 15) is 9.59 Å². The lowest BCUT2D eigenvalue weighted by atomic mass is 10.1. The topological polar surface area (TPSA) is 67.8 Å². The Hall–Kier alpha value is -2.09. The molecule has 0 aliphatic rings. The molecule has 2 aromatic rings. The molecular formula is C18H20N2O3P2. The van der Waals surface area contributed by atoms with Crippen LogP contribution < -0.4 is 5.32 Å². The minimum Gasteiger partial charge on any atom is -0.387 e. The summed E-state index contributed by atoms with van der Waals surface area (Å²) in [7, 11) is 2.32. The van der Waals surface area contributed by atoms with Crippen LogP contribution in [0.3, 0.4) is 0 Å². The Kier molecular flexibility index (Phi) is 8.24. The van der Waals surface area contributed by atoms with Crippen LogP contribution in [0.25, 0.3) is 0 Å². The van der Waals surface area contributed by atoms with Crippen molar-refractivity contribution in [2.45, 2.75) is 25.3 Å². The fourth-order valence-corrected chi connectivity index (χ4v) is 2.74. The maximum Gasteiger partial charge on any atom is 0.338 e. The van der Waals surface area contributed by atoms with Gasteiger partial charge in [0.05, 0.1) is 0 Å². The van der Waals surface area contributed by atoms with Crippen LogP contribution in [0.15, 0.2) is 65.2 Å². The number of hydrogen-bond donors (Lipinski definition) is 1.